The van der Waals surface area contributed by atoms with Crippen LogP contribution in [0.15, 0.2) is 18.2 Å². The van der Waals surface area contributed by atoms with Gasteiger partial charge in [0.15, 0.2) is 0 Å². The number of nitriles is 1. The number of rotatable bonds is 3. The molecule has 1 aromatic carbocycles. The average molecular weight is 321 g/mol. The summed E-state index contributed by atoms with van der Waals surface area (Å²) in [6, 6.07) is 7.41. The number of hydrogen-bond acceptors (Lipinski definition) is 4. The van der Waals surface area contributed by atoms with Crippen LogP contribution in [0.5, 0.6) is 0 Å². The molecule has 1 spiro atoms. The molecule has 0 radical (unpaired) electrons. The monoisotopic (exact) mass is 320 g/mol. The molecule has 1 aliphatic carbocycles. The molecule has 1 aliphatic heterocycles. The molecule has 1 saturated carbocycles. The highest BCUT2D eigenvalue weighted by molar-refractivity contribution is 6.30. The molecule has 3 rings (SSSR count). The lowest BCUT2D eigenvalue weighted by atomic mass is 9.76. The van der Waals surface area contributed by atoms with Crippen molar-refractivity contribution in [2.45, 2.75) is 31.8 Å². The lowest BCUT2D eigenvalue weighted by Gasteiger charge is -2.37. The third-order valence-corrected chi connectivity index (χ3v) is 5.47. The molecule has 22 heavy (non-hydrogen) atoms. The molecule has 2 aliphatic rings. The van der Waals surface area contributed by atoms with E-state index in [1.807, 2.05) is 6.07 Å². The van der Waals surface area contributed by atoms with Gasteiger partial charge in [-0.15, -0.1) is 0 Å². The second-order valence-electron chi connectivity index (χ2n) is 6.40. The Hall–Kier alpha value is -1.28. The predicted octanol–water partition coefficient (Wildman–Crippen LogP) is 3.19. The van der Waals surface area contributed by atoms with Gasteiger partial charge in [0.2, 0.25) is 0 Å². The van der Waals surface area contributed by atoms with Crippen molar-refractivity contribution in [2.24, 2.45) is 11.3 Å². The van der Waals surface area contributed by atoms with Gasteiger partial charge < -0.3 is 15.2 Å². The number of ether oxygens (including phenoxy) is 1. The number of nitrogens with one attached hydrogen (secondary N) is 1. The number of benzene rings is 1. The molecular weight excluding hydrogens is 300 g/mol. The van der Waals surface area contributed by atoms with Crippen molar-refractivity contribution in [3.05, 3.63) is 28.8 Å². The van der Waals surface area contributed by atoms with Crippen molar-refractivity contribution in [1.29, 1.82) is 5.26 Å². The third kappa shape index (κ3) is 2.94. The number of halogens is 1. The van der Waals surface area contributed by atoms with Gasteiger partial charge in [-0.05, 0) is 43.9 Å². The Labute approximate surface area is 136 Å². The van der Waals surface area contributed by atoms with E-state index in [0.717, 1.165) is 44.6 Å². The van der Waals surface area contributed by atoms with E-state index in [9.17, 15) is 10.4 Å². The van der Waals surface area contributed by atoms with E-state index >= 15 is 0 Å². The Morgan fingerprint density at radius 2 is 2.14 bits per heavy atom. The zero-order valence-corrected chi connectivity index (χ0v) is 13.3. The molecule has 2 fully saturated rings. The number of hydrogen-bond donors (Lipinski definition) is 2. The van der Waals surface area contributed by atoms with Crippen LogP contribution in [0.25, 0.3) is 0 Å². The fraction of sp³-hybridized carbons (Fsp3) is 0.588. The van der Waals surface area contributed by atoms with E-state index in [-0.39, 0.29) is 17.4 Å². The SMILES string of the molecule is N#Cc1cc(Cl)ccc1NCC1CCC2(CCOCC2)C1O. The molecule has 0 amide bonds. The van der Waals surface area contributed by atoms with Gasteiger partial charge in [0.25, 0.3) is 0 Å². The maximum absolute atomic E-state index is 10.7. The summed E-state index contributed by atoms with van der Waals surface area (Å²) in [6.45, 7) is 2.19. The van der Waals surface area contributed by atoms with Gasteiger partial charge in [-0.25, -0.2) is 0 Å². The second-order valence-corrected chi connectivity index (χ2v) is 6.84. The highest BCUT2D eigenvalue weighted by atomic mass is 35.5. The summed E-state index contributed by atoms with van der Waals surface area (Å²) in [4.78, 5) is 0. The molecule has 1 saturated heterocycles. The van der Waals surface area contributed by atoms with Gasteiger partial charge in [0, 0.05) is 36.1 Å². The van der Waals surface area contributed by atoms with E-state index < -0.39 is 0 Å². The quantitative estimate of drug-likeness (QED) is 0.897. The third-order valence-electron chi connectivity index (χ3n) is 5.23. The van der Waals surface area contributed by atoms with Crippen LogP contribution in [0.3, 0.4) is 0 Å². The molecule has 4 nitrogen and oxygen atoms in total. The molecule has 118 valence electrons. The number of aliphatic hydroxyl groups excluding tert-OH is 1. The van der Waals surface area contributed by atoms with Crippen LogP contribution in [-0.2, 0) is 4.74 Å². The van der Waals surface area contributed by atoms with Crippen LogP contribution >= 0.6 is 11.6 Å². The fourth-order valence-corrected chi connectivity index (χ4v) is 3.99. The van der Waals surface area contributed by atoms with Gasteiger partial charge in [-0.2, -0.15) is 5.26 Å². The Morgan fingerprint density at radius 3 is 2.86 bits per heavy atom. The van der Waals surface area contributed by atoms with Crippen molar-refractivity contribution in [1.82, 2.24) is 0 Å². The zero-order valence-electron chi connectivity index (χ0n) is 12.5. The van der Waals surface area contributed by atoms with Crippen LogP contribution < -0.4 is 5.32 Å². The minimum Gasteiger partial charge on any atom is -0.392 e. The van der Waals surface area contributed by atoms with E-state index in [1.165, 1.54) is 0 Å². The maximum Gasteiger partial charge on any atom is 0.101 e. The highest BCUT2D eigenvalue weighted by Gasteiger charge is 2.47. The van der Waals surface area contributed by atoms with E-state index in [2.05, 4.69) is 11.4 Å². The fourth-order valence-electron chi connectivity index (χ4n) is 3.82. The summed E-state index contributed by atoms with van der Waals surface area (Å²) in [5.74, 6) is 0.223. The molecule has 0 bridgehead atoms. The minimum atomic E-state index is -0.290. The maximum atomic E-state index is 10.7. The molecule has 1 heterocycles. The van der Waals surface area contributed by atoms with Crippen LogP contribution in [0.2, 0.25) is 5.02 Å². The summed E-state index contributed by atoms with van der Waals surface area (Å²) in [6.07, 6.45) is 3.70. The Morgan fingerprint density at radius 1 is 1.36 bits per heavy atom. The van der Waals surface area contributed by atoms with Gasteiger partial charge in [0.05, 0.1) is 17.4 Å². The van der Waals surface area contributed by atoms with Gasteiger partial charge >= 0.3 is 0 Å². The zero-order chi connectivity index (χ0) is 15.6. The molecule has 2 unspecified atom stereocenters. The number of aliphatic hydroxyl groups is 1. The molecular formula is C17H21ClN2O2. The van der Waals surface area contributed by atoms with Gasteiger partial charge in [-0.1, -0.05) is 11.6 Å². The average Bonchev–Trinajstić information content (AvgIpc) is 2.83. The predicted molar refractivity (Wildman–Crippen MR) is 85.9 cm³/mol. The summed E-state index contributed by atoms with van der Waals surface area (Å²) in [5, 5.41) is 23.8. The molecule has 2 N–H and O–H groups in total. The van der Waals surface area contributed by atoms with Gasteiger partial charge in [0.1, 0.15) is 6.07 Å². The molecule has 1 aromatic rings. The molecule has 0 aromatic heterocycles. The first-order chi connectivity index (χ1) is 10.6. The summed E-state index contributed by atoms with van der Waals surface area (Å²) in [7, 11) is 0. The standard InChI is InChI=1S/C17H21ClN2O2/c18-14-1-2-15(13(9-14)10-19)20-11-12-3-4-17(16(12)21)5-7-22-8-6-17/h1-2,9,12,16,20-21H,3-8,11H2. The van der Waals surface area contributed by atoms with Crippen LogP contribution in [0.1, 0.15) is 31.2 Å². The second kappa shape index (κ2) is 6.45. The number of nitrogens with zero attached hydrogens (tertiary/aromatic N) is 1. The largest absolute Gasteiger partial charge is 0.392 e. The smallest absolute Gasteiger partial charge is 0.101 e. The van der Waals surface area contributed by atoms with E-state index in [0.29, 0.717) is 17.1 Å². The Balaban J connectivity index is 1.64. The van der Waals surface area contributed by atoms with Crippen molar-refractivity contribution >= 4 is 17.3 Å². The highest BCUT2D eigenvalue weighted by Crippen LogP contribution is 2.48. The minimum absolute atomic E-state index is 0.0443. The summed E-state index contributed by atoms with van der Waals surface area (Å²) >= 11 is 5.91. The molecule has 5 heteroatoms. The van der Waals surface area contributed by atoms with Crippen molar-refractivity contribution in [3.63, 3.8) is 0 Å². The normalized spacial score (nSPS) is 26.8. The first-order valence-electron chi connectivity index (χ1n) is 7.84. The van der Waals surface area contributed by atoms with Crippen LogP contribution in [0, 0.1) is 22.7 Å². The topological polar surface area (TPSA) is 65.3 Å². The lowest BCUT2D eigenvalue weighted by molar-refractivity contribution is -0.0545. The van der Waals surface area contributed by atoms with Crippen molar-refractivity contribution in [3.8, 4) is 6.07 Å². The van der Waals surface area contributed by atoms with E-state index in [1.54, 1.807) is 12.1 Å². The summed E-state index contributed by atoms with van der Waals surface area (Å²) in [5.41, 5.74) is 1.37. The molecule has 2 atom stereocenters. The first kappa shape index (κ1) is 15.6. The van der Waals surface area contributed by atoms with E-state index in [4.69, 9.17) is 16.3 Å². The van der Waals surface area contributed by atoms with Crippen molar-refractivity contribution < 1.29 is 9.84 Å². The Bertz CT molecular complexity index is 579. The lowest BCUT2D eigenvalue weighted by Crippen LogP contribution is -2.40. The van der Waals surface area contributed by atoms with Crippen LogP contribution in [-0.4, -0.2) is 31.0 Å². The summed E-state index contributed by atoms with van der Waals surface area (Å²) < 4.78 is 5.44. The van der Waals surface area contributed by atoms with Crippen LogP contribution in [0.4, 0.5) is 5.69 Å². The first-order valence-corrected chi connectivity index (χ1v) is 8.22. The number of anilines is 1. The Kier molecular flexibility index (Phi) is 4.58. The van der Waals surface area contributed by atoms with Gasteiger partial charge in [-0.3, -0.25) is 0 Å². The van der Waals surface area contributed by atoms with Crippen molar-refractivity contribution in [2.75, 3.05) is 25.1 Å².